The monoisotopic (exact) mass is 184 g/mol. The zero-order valence-electron chi connectivity index (χ0n) is 7.13. The van der Waals surface area contributed by atoms with Crippen LogP contribution in [0.3, 0.4) is 0 Å². The fraction of sp³-hybridized carbons (Fsp3) is 0.400. The first-order valence-electron chi connectivity index (χ1n) is 4.14. The second-order valence-electron chi connectivity index (χ2n) is 2.84. The maximum Gasteiger partial charge on any atom is 0.0499 e. The van der Waals surface area contributed by atoms with Crippen LogP contribution in [-0.4, -0.2) is 11.7 Å². The first-order valence-corrected chi connectivity index (χ1v) is 4.52. The van der Waals surface area contributed by atoms with Crippen molar-refractivity contribution in [3.05, 3.63) is 34.9 Å². The summed E-state index contributed by atoms with van der Waals surface area (Å²) in [7, 11) is 0. The molecule has 1 nitrogen and oxygen atoms in total. The molecule has 1 aromatic carbocycles. The smallest absolute Gasteiger partial charge is 0.0499 e. The summed E-state index contributed by atoms with van der Waals surface area (Å²) in [6.07, 6.45) is 0.956. The molecule has 1 N–H and O–H groups in total. The maximum atomic E-state index is 9.02. The lowest BCUT2D eigenvalue weighted by Gasteiger charge is -2.11. The van der Waals surface area contributed by atoms with Gasteiger partial charge in [-0.05, 0) is 24.1 Å². The van der Waals surface area contributed by atoms with Crippen LogP contribution in [0.2, 0.25) is 5.02 Å². The van der Waals surface area contributed by atoms with Crippen molar-refractivity contribution in [3.8, 4) is 0 Å². The van der Waals surface area contributed by atoms with E-state index < -0.39 is 0 Å². The predicted molar refractivity (Wildman–Crippen MR) is 51.6 cm³/mol. The highest BCUT2D eigenvalue weighted by Crippen LogP contribution is 2.20. The zero-order chi connectivity index (χ0) is 8.97. The molecule has 0 spiro atoms. The van der Waals surface area contributed by atoms with Crippen LogP contribution in [-0.2, 0) is 0 Å². The summed E-state index contributed by atoms with van der Waals surface area (Å²) in [5.74, 6) is 0.252. The summed E-state index contributed by atoms with van der Waals surface area (Å²) in [6.45, 7) is 2.27. The summed E-state index contributed by atoms with van der Waals surface area (Å²) in [6, 6.07) is 7.64. The quantitative estimate of drug-likeness (QED) is 0.766. The average molecular weight is 185 g/mol. The van der Waals surface area contributed by atoms with E-state index in [1.807, 2.05) is 24.3 Å². The number of aliphatic hydroxyl groups is 1. The van der Waals surface area contributed by atoms with E-state index in [9.17, 15) is 0 Å². The summed E-state index contributed by atoms with van der Waals surface area (Å²) in [4.78, 5) is 0. The highest BCUT2D eigenvalue weighted by Gasteiger charge is 2.06. The number of hydrogen-bond acceptors (Lipinski definition) is 1. The highest BCUT2D eigenvalue weighted by molar-refractivity contribution is 6.30. The molecule has 1 atom stereocenters. The molecule has 0 heterocycles. The molecular weight excluding hydrogens is 172 g/mol. The summed E-state index contributed by atoms with van der Waals surface area (Å²) in [5.41, 5.74) is 1.16. The molecule has 2 heteroatoms. The van der Waals surface area contributed by atoms with Gasteiger partial charge in [-0.2, -0.15) is 0 Å². The van der Waals surface area contributed by atoms with E-state index in [2.05, 4.69) is 6.92 Å². The van der Waals surface area contributed by atoms with Crippen molar-refractivity contribution < 1.29 is 5.11 Å². The first-order chi connectivity index (χ1) is 5.77. The minimum absolute atomic E-state index is 0.206. The van der Waals surface area contributed by atoms with E-state index >= 15 is 0 Å². The van der Waals surface area contributed by atoms with Crippen molar-refractivity contribution in [3.63, 3.8) is 0 Å². The SMILES string of the molecule is CCC(CO)c1ccc(Cl)cc1. The van der Waals surface area contributed by atoms with Crippen LogP contribution < -0.4 is 0 Å². The summed E-state index contributed by atoms with van der Waals surface area (Å²) in [5, 5.41) is 9.76. The minimum Gasteiger partial charge on any atom is -0.396 e. The summed E-state index contributed by atoms with van der Waals surface area (Å²) < 4.78 is 0. The third-order valence-corrected chi connectivity index (χ3v) is 2.31. The normalized spacial score (nSPS) is 12.9. The molecule has 1 aromatic rings. The molecule has 0 saturated heterocycles. The van der Waals surface area contributed by atoms with Gasteiger partial charge in [0.05, 0.1) is 0 Å². The van der Waals surface area contributed by atoms with Gasteiger partial charge in [-0.15, -0.1) is 0 Å². The molecule has 66 valence electrons. The lowest BCUT2D eigenvalue weighted by atomic mass is 9.98. The number of aliphatic hydroxyl groups excluding tert-OH is 1. The van der Waals surface area contributed by atoms with Crippen molar-refractivity contribution in [1.29, 1.82) is 0 Å². The van der Waals surface area contributed by atoms with Gasteiger partial charge in [-0.25, -0.2) is 0 Å². The molecule has 0 aliphatic rings. The van der Waals surface area contributed by atoms with Crippen molar-refractivity contribution in [1.82, 2.24) is 0 Å². The lowest BCUT2D eigenvalue weighted by Crippen LogP contribution is -2.01. The fourth-order valence-electron chi connectivity index (χ4n) is 1.21. The van der Waals surface area contributed by atoms with Gasteiger partial charge in [-0.1, -0.05) is 30.7 Å². The van der Waals surface area contributed by atoms with Crippen molar-refractivity contribution >= 4 is 11.6 Å². The van der Waals surface area contributed by atoms with Crippen LogP contribution in [0, 0.1) is 0 Å². The maximum absolute atomic E-state index is 9.02. The van der Waals surface area contributed by atoms with Gasteiger partial charge >= 0.3 is 0 Å². The van der Waals surface area contributed by atoms with E-state index in [0.29, 0.717) is 0 Å². The Bertz CT molecular complexity index is 226. The van der Waals surface area contributed by atoms with Gasteiger partial charge in [0, 0.05) is 17.5 Å². The first kappa shape index (κ1) is 9.56. The van der Waals surface area contributed by atoms with E-state index in [4.69, 9.17) is 16.7 Å². The Hall–Kier alpha value is -0.530. The Kier molecular flexibility index (Phi) is 3.57. The third-order valence-electron chi connectivity index (χ3n) is 2.05. The van der Waals surface area contributed by atoms with Crippen LogP contribution in [0.5, 0.6) is 0 Å². The number of rotatable bonds is 3. The molecule has 0 fully saturated rings. The molecule has 0 radical (unpaired) electrons. The topological polar surface area (TPSA) is 20.2 Å². The van der Waals surface area contributed by atoms with E-state index in [1.54, 1.807) is 0 Å². The molecular formula is C10H13ClO. The number of halogens is 1. The Morgan fingerprint density at radius 2 is 1.92 bits per heavy atom. The van der Waals surface area contributed by atoms with Crippen LogP contribution >= 0.6 is 11.6 Å². The molecule has 0 amide bonds. The minimum atomic E-state index is 0.206. The van der Waals surface area contributed by atoms with Gasteiger partial charge in [-0.3, -0.25) is 0 Å². The molecule has 12 heavy (non-hydrogen) atoms. The molecule has 0 saturated carbocycles. The third kappa shape index (κ3) is 2.23. The van der Waals surface area contributed by atoms with Gasteiger partial charge in [0.2, 0.25) is 0 Å². The number of benzene rings is 1. The lowest BCUT2D eigenvalue weighted by molar-refractivity contribution is 0.262. The van der Waals surface area contributed by atoms with Gasteiger partial charge in [0.15, 0.2) is 0 Å². The van der Waals surface area contributed by atoms with Crippen molar-refractivity contribution in [2.24, 2.45) is 0 Å². The molecule has 0 aliphatic heterocycles. The molecule has 0 aliphatic carbocycles. The Labute approximate surface area is 78.0 Å². The van der Waals surface area contributed by atoms with Crippen LogP contribution in [0.1, 0.15) is 24.8 Å². The fourth-order valence-corrected chi connectivity index (χ4v) is 1.33. The second-order valence-corrected chi connectivity index (χ2v) is 3.28. The van der Waals surface area contributed by atoms with Crippen molar-refractivity contribution in [2.75, 3.05) is 6.61 Å². The Morgan fingerprint density at radius 1 is 1.33 bits per heavy atom. The molecule has 0 bridgehead atoms. The molecule has 0 aromatic heterocycles. The van der Waals surface area contributed by atoms with Crippen molar-refractivity contribution in [2.45, 2.75) is 19.3 Å². The van der Waals surface area contributed by atoms with Crippen LogP contribution in [0.15, 0.2) is 24.3 Å². The van der Waals surface area contributed by atoms with Gasteiger partial charge < -0.3 is 5.11 Å². The van der Waals surface area contributed by atoms with Crippen LogP contribution in [0.25, 0.3) is 0 Å². The predicted octanol–water partition coefficient (Wildman–Crippen LogP) is 2.83. The molecule has 1 unspecified atom stereocenters. The largest absolute Gasteiger partial charge is 0.396 e. The Morgan fingerprint density at radius 3 is 2.33 bits per heavy atom. The van der Waals surface area contributed by atoms with E-state index in [0.717, 1.165) is 17.0 Å². The van der Waals surface area contributed by atoms with Gasteiger partial charge in [0.1, 0.15) is 0 Å². The van der Waals surface area contributed by atoms with E-state index in [-0.39, 0.29) is 12.5 Å². The summed E-state index contributed by atoms with van der Waals surface area (Å²) >= 11 is 5.74. The second kappa shape index (κ2) is 4.48. The molecule has 1 rings (SSSR count). The van der Waals surface area contributed by atoms with E-state index in [1.165, 1.54) is 0 Å². The number of hydrogen-bond donors (Lipinski definition) is 1. The Balaban J connectivity index is 2.80. The van der Waals surface area contributed by atoms with Gasteiger partial charge in [0.25, 0.3) is 0 Å². The average Bonchev–Trinajstić information content (AvgIpc) is 2.10. The van der Waals surface area contributed by atoms with Crippen LogP contribution in [0.4, 0.5) is 0 Å². The standard InChI is InChI=1S/C10H13ClO/c1-2-8(7-12)9-3-5-10(11)6-4-9/h3-6,8,12H,2,7H2,1H3. The highest BCUT2D eigenvalue weighted by atomic mass is 35.5. The zero-order valence-corrected chi connectivity index (χ0v) is 7.88.